The van der Waals surface area contributed by atoms with Gasteiger partial charge in [0, 0.05) is 31.3 Å². The molecule has 3 aromatic rings. The van der Waals surface area contributed by atoms with Crippen LogP contribution in [-0.4, -0.2) is 34.0 Å². The Hall–Kier alpha value is -3.09. The number of nitrogens with zero attached hydrogens (tertiary/aromatic N) is 4. The van der Waals surface area contributed by atoms with E-state index in [0.29, 0.717) is 6.54 Å². The van der Waals surface area contributed by atoms with E-state index >= 15 is 0 Å². The van der Waals surface area contributed by atoms with Crippen molar-refractivity contribution in [3.8, 4) is 5.69 Å². The van der Waals surface area contributed by atoms with Crippen LogP contribution in [0.5, 0.6) is 0 Å². The topological polar surface area (TPSA) is 80.3 Å². The first kappa shape index (κ1) is 20.6. The van der Waals surface area contributed by atoms with Crippen molar-refractivity contribution in [1.82, 2.24) is 25.6 Å². The van der Waals surface area contributed by atoms with Crippen LogP contribution in [0.1, 0.15) is 43.4 Å². The monoisotopic (exact) mass is 394 g/mol. The maximum Gasteiger partial charge on any atom is 0.191 e. The summed E-state index contributed by atoms with van der Waals surface area (Å²) in [6.45, 7) is 8.38. The highest BCUT2D eigenvalue weighted by Crippen LogP contribution is 2.16. The van der Waals surface area contributed by atoms with E-state index < -0.39 is 0 Å². The SMILES string of the molecule is CCNC(=NCc1c(CC)noc1CC)NCCc1cnn(-c2ccccc2)c1. The third kappa shape index (κ3) is 5.47. The van der Waals surface area contributed by atoms with Crippen molar-refractivity contribution in [2.45, 2.75) is 46.6 Å². The number of rotatable bonds is 9. The standard InChI is InChI=1S/C22H30N6O/c1-4-20-19(21(5-2)29-27-20)15-25-22(23-6-3)24-13-12-17-14-26-28(16-17)18-10-8-7-9-11-18/h7-11,14,16H,4-6,12-13,15H2,1-3H3,(H2,23,24,25). The second kappa shape index (κ2) is 10.5. The van der Waals surface area contributed by atoms with Gasteiger partial charge in [0.2, 0.25) is 0 Å². The molecule has 154 valence electrons. The van der Waals surface area contributed by atoms with Gasteiger partial charge in [-0.05, 0) is 37.5 Å². The van der Waals surface area contributed by atoms with Crippen molar-refractivity contribution in [1.29, 1.82) is 0 Å². The summed E-state index contributed by atoms with van der Waals surface area (Å²) in [6, 6.07) is 10.1. The van der Waals surface area contributed by atoms with E-state index in [9.17, 15) is 0 Å². The van der Waals surface area contributed by atoms with Crippen LogP contribution in [0.15, 0.2) is 52.2 Å². The molecule has 0 saturated carbocycles. The molecule has 0 aliphatic carbocycles. The highest BCUT2D eigenvalue weighted by Gasteiger charge is 2.13. The summed E-state index contributed by atoms with van der Waals surface area (Å²) >= 11 is 0. The number of hydrogen-bond donors (Lipinski definition) is 2. The minimum absolute atomic E-state index is 0.567. The minimum atomic E-state index is 0.567. The molecular weight excluding hydrogens is 364 g/mol. The van der Waals surface area contributed by atoms with E-state index in [4.69, 9.17) is 9.52 Å². The Kier molecular flexibility index (Phi) is 7.44. The Morgan fingerprint density at radius 1 is 1.10 bits per heavy atom. The predicted octanol–water partition coefficient (Wildman–Crippen LogP) is 3.28. The quantitative estimate of drug-likeness (QED) is 0.430. The Bertz CT molecular complexity index is 891. The number of nitrogens with one attached hydrogen (secondary N) is 2. The summed E-state index contributed by atoms with van der Waals surface area (Å²) in [5, 5.41) is 15.3. The summed E-state index contributed by atoms with van der Waals surface area (Å²) in [4.78, 5) is 4.73. The molecule has 0 fully saturated rings. The molecule has 0 bridgehead atoms. The molecular formula is C22H30N6O. The van der Waals surface area contributed by atoms with Gasteiger partial charge in [-0.25, -0.2) is 9.67 Å². The fourth-order valence-electron chi connectivity index (χ4n) is 3.15. The normalized spacial score (nSPS) is 11.6. The smallest absolute Gasteiger partial charge is 0.191 e. The van der Waals surface area contributed by atoms with E-state index in [1.165, 1.54) is 5.56 Å². The predicted molar refractivity (Wildman–Crippen MR) is 115 cm³/mol. The molecule has 7 nitrogen and oxygen atoms in total. The summed E-state index contributed by atoms with van der Waals surface area (Å²) in [7, 11) is 0. The van der Waals surface area contributed by atoms with Gasteiger partial charge in [-0.1, -0.05) is 37.2 Å². The lowest BCUT2D eigenvalue weighted by atomic mass is 10.1. The Labute approximate surface area is 172 Å². The zero-order chi connectivity index (χ0) is 20.5. The minimum Gasteiger partial charge on any atom is -0.361 e. The van der Waals surface area contributed by atoms with Gasteiger partial charge in [-0.3, -0.25) is 0 Å². The summed E-state index contributed by atoms with van der Waals surface area (Å²) in [6.07, 6.45) is 6.53. The summed E-state index contributed by atoms with van der Waals surface area (Å²) in [5.74, 6) is 1.73. The number of hydrogen-bond acceptors (Lipinski definition) is 4. The van der Waals surface area contributed by atoms with Gasteiger partial charge in [0.15, 0.2) is 5.96 Å². The molecule has 0 atom stereocenters. The molecule has 7 heteroatoms. The van der Waals surface area contributed by atoms with Crippen LogP contribution >= 0.6 is 0 Å². The Morgan fingerprint density at radius 2 is 1.93 bits per heavy atom. The molecule has 0 saturated heterocycles. The van der Waals surface area contributed by atoms with E-state index in [-0.39, 0.29) is 0 Å². The zero-order valence-corrected chi connectivity index (χ0v) is 17.5. The molecule has 0 spiro atoms. The second-order valence-electron chi connectivity index (χ2n) is 6.74. The maximum atomic E-state index is 5.44. The van der Waals surface area contributed by atoms with Crippen LogP contribution in [0.2, 0.25) is 0 Å². The van der Waals surface area contributed by atoms with Gasteiger partial charge in [-0.2, -0.15) is 5.10 Å². The van der Waals surface area contributed by atoms with E-state index in [1.807, 2.05) is 41.2 Å². The first-order valence-corrected chi connectivity index (χ1v) is 10.3. The number of benzene rings is 1. The van der Waals surface area contributed by atoms with Gasteiger partial charge in [-0.15, -0.1) is 0 Å². The molecule has 0 radical (unpaired) electrons. The summed E-state index contributed by atoms with van der Waals surface area (Å²) in [5.41, 5.74) is 4.35. The molecule has 0 aliphatic heterocycles. The lowest BCUT2D eigenvalue weighted by molar-refractivity contribution is 0.380. The van der Waals surface area contributed by atoms with Gasteiger partial charge >= 0.3 is 0 Å². The van der Waals surface area contributed by atoms with Crippen molar-refractivity contribution in [2.75, 3.05) is 13.1 Å². The van der Waals surface area contributed by atoms with Crippen LogP contribution in [0.4, 0.5) is 0 Å². The molecule has 2 N–H and O–H groups in total. The Balaban J connectivity index is 1.58. The van der Waals surface area contributed by atoms with Crippen LogP contribution < -0.4 is 10.6 Å². The largest absolute Gasteiger partial charge is 0.361 e. The van der Waals surface area contributed by atoms with Crippen LogP contribution in [0, 0.1) is 0 Å². The van der Waals surface area contributed by atoms with E-state index in [0.717, 1.165) is 61.0 Å². The third-order valence-corrected chi connectivity index (χ3v) is 4.71. The molecule has 2 aromatic heterocycles. The van der Waals surface area contributed by atoms with E-state index in [2.05, 4.69) is 47.9 Å². The lowest BCUT2D eigenvalue weighted by Crippen LogP contribution is -2.38. The van der Waals surface area contributed by atoms with Crippen molar-refractivity contribution in [3.05, 3.63) is 65.3 Å². The first-order chi connectivity index (χ1) is 14.2. The Morgan fingerprint density at radius 3 is 2.66 bits per heavy atom. The van der Waals surface area contributed by atoms with Crippen molar-refractivity contribution in [2.24, 2.45) is 4.99 Å². The van der Waals surface area contributed by atoms with Crippen molar-refractivity contribution in [3.63, 3.8) is 0 Å². The van der Waals surface area contributed by atoms with Crippen LogP contribution in [0.3, 0.4) is 0 Å². The van der Waals surface area contributed by atoms with Crippen LogP contribution in [-0.2, 0) is 25.8 Å². The maximum absolute atomic E-state index is 5.44. The third-order valence-electron chi connectivity index (χ3n) is 4.71. The average molecular weight is 395 g/mol. The fourth-order valence-corrected chi connectivity index (χ4v) is 3.15. The lowest BCUT2D eigenvalue weighted by Gasteiger charge is -2.11. The first-order valence-electron chi connectivity index (χ1n) is 10.3. The molecule has 0 amide bonds. The summed E-state index contributed by atoms with van der Waals surface area (Å²) < 4.78 is 7.34. The van der Waals surface area contributed by atoms with Crippen LogP contribution in [0.25, 0.3) is 5.69 Å². The number of guanidine groups is 1. The number of para-hydroxylation sites is 1. The van der Waals surface area contributed by atoms with Gasteiger partial charge < -0.3 is 15.2 Å². The van der Waals surface area contributed by atoms with E-state index in [1.54, 1.807) is 0 Å². The number of aromatic nitrogens is 3. The highest BCUT2D eigenvalue weighted by atomic mass is 16.5. The number of aliphatic imine (C=N–C) groups is 1. The molecule has 0 aliphatic rings. The molecule has 29 heavy (non-hydrogen) atoms. The highest BCUT2D eigenvalue weighted by molar-refractivity contribution is 5.79. The molecule has 2 heterocycles. The molecule has 1 aromatic carbocycles. The second-order valence-corrected chi connectivity index (χ2v) is 6.74. The average Bonchev–Trinajstić information content (AvgIpc) is 3.39. The van der Waals surface area contributed by atoms with Gasteiger partial charge in [0.25, 0.3) is 0 Å². The molecule has 0 unspecified atom stereocenters. The zero-order valence-electron chi connectivity index (χ0n) is 17.5. The fraction of sp³-hybridized carbons (Fsp3) is 0.409. The molecule has 3 rings (SSSR count). The number of aryl methyl sites for hydroxylation is 2. The van der Waals surface area contributed by atoms with Gasteiger partial charge in [0.1, 0.15) is 5.76 Å². The van der Waals surface area contributed by atoms with Crippen molar-refractivity contribution >= 4 is 5.96 Å². The van der Waals surface area contributed by atoms with Gasteiger partial charge in [0.05, 0.1) is 24.1 Å². The van der Waals surface area contributed by atoms with Crippen molar-refractivity contribution < 1.29 is 4.52 Å².